The number of piperazine rings is 1. The van der Waals surface area contributed by atoms with Gasteiger partial charge < -0.3 is 10.0 Å². The molecule has 4 nitrogen and oxygen atoms in total. The van der Waals surface area contributed by atoms with Gasteiger partial charge in [0.15, 0.2) is 0 Å². The Balaban J connectivity index is 2.09. The lowest BCUT2D eigenvalue weighted by molar-refractivity contribution is -0.153. The summed E-state index contributed by atoms with van der Waals surface area (Å²) in [5.74, 6) is 1.36. The summed E-state index contributed by atoms with van der Waals surface area (Å²) >= 11 is 1.88. The minimum absolute atomic E-state index is 0.563. The fourth-order valence-corrected chi connectivity index (χ4v) is 3.78. The molecule has 0 radical (unpaired) electrons. The Morgan fingerprint density at radius 3 is 2.25 bits per heavy atom. The molecule has 92 valence electrons. The van der Waals surface area contributed by atoms with E-state index >= 15 is 0 Å². The third kappa shape index (κ3) is 2.21. The summed E-state index contributed by atoms with van der Waals surface area (Å²) in [6.07, 6.45) is 1.60. The van der Waals surface area contributed by atoms with Gasteiger partial charge in [-0.1, -0.05) is 0 Å². The smallest absolute Gasteiger partial charge is 0.324 e. The van der Waals surface area contributed by atoms with Crippen molar-refractivity contribution >= 4 is 17.7 Å². The topological polar surface area (TPSA) is 43.8 Å². The van der Waals surface area contributed by atoms with E-state index < -0.39 is 11.5 Å². The number of hydrogen-bond acceptors (Lipinski definition) is 4. The Morgan fingerprint density at radius 2 is 1.75 bits per heavy atom. The summed E-state index contributed by atoms with van der Waals surface area (Å²) in [7, 11) is 2.10. The first kappa shape index (κ1) is 12.2. The van der Waals surface area contributed by atoms with Crippen molar-refractivity contribution in [1.82, 2.24) is 9.80 Å². The summed E-state index contributed by atoms with van der Waals surface area (Å²) in [5, 5.41) is 9.54. The molecule has 0 amide bonds. The molecule has 0 aromatic carbocycles. The van der Waals surface area contributed by atoms with Crippen molar-refractivity contribution in [2.75, 3.05) is 44.7 Å². The largest absolute Gasteiger partial charge is 0.480 e. The molecule has 5 heteroatoms. The molecule has 1 N–H and O–H groups in total. The minimum atomic E-state index is -0.614. The lowest BCUT2D eigenvalue weighted by atomic mass is 9.89. The van der Waals surface area contributed by atoms with E-state index in [1.807, 2.05) is 11.8 Å². The number of rotatable bonds is 2. The zero-order valence-electron chi connectivity index (χ0n) is 9.81. The quantitative estimate of drug-likeness (QED) is 0.770. The Bertz CT molecular complexity index is 259. The second-order valence-corrected chi connectivity index (χ2v) is 5.96. The number of carbonyl (C=O) groups is 1. The molecule has 0 saturated carbocycles. The standard InChI is InChI=1S/C11H20N2O2S/c1-12-4-6-13(7-5-12)11(10(14)15)2-8-16-9-3-11/h2-9H2,1H3,(H,14,15). The van der Waals surface area contributed by atoms with Gasteiger partial charge in [0.2, 0.25) is 0 Å². The predicted molar refractivity (Wildman–Crippen MR) is 66.0 cm³/mol. The van der Waals surface area contributed by atoms with Gasteiger partial charge in [-0.05, 0) is 31.4 Å². The van der Waals surface area contributed by atoms with Crippen LogP contribution in [0.1, 0.15) is 12.8 Å². The van der Waals surface area contributed by atoms with Crippen LogP contribution >= 0.6 is 11.8 Å². The van der Waals surface area contributed by atoms with E-state index in [2.05, 4.69) is 16.8 Å². The average molecular weight is 244 g/mol. The lowest BCUT2D eigenvalue weighted by Gasteiger charge is -2.46. The number of hydrogen-bond donors (Lipinski definition) is 1. The van der Waals surface area contributed by atoms with Crippen LogP contribution in [-0.2, 0) is 4.79 Å². The van der Waals surface area contributed by atoms with Crippen LogP contribution in [0.15, 0.2) is 0 Å². The highest BCUT2D eigenvalue weighted by molar-refractivity contribution is 7.99. The van der Waals surface area contributed by atoms with Crippen LogP contribution in [0.25, 0.3) is 0 Å². The molecule has 0 spiro atoms. The lowest BCUT2D eigenvalue weighted by Crippen LogP contribution is -2.61. The van der Waals surface area contributed by atoms with E-state index in [9.17, 15) is 9.90 Å². The maximum absolute atomic E-state index is 11.6. The van der Waals surface area contributed by atoms with Crippen LogP contribution in [-0.4, -0.2) is 71.1 Å². The number of carboxylic acids is 1. The minimum Gasteiger partial charge on any atom is -0.480 e. The first-order chi connectivity index (χ1) is 7.65. The number of nitrogens with zero attached hydrogens (tertiary/aromatic N) is 2. The Kier molecular flexibility index (Phi) is 3.77. The first-order valence-electron chi connectivity index (χ1n) is 5.90. The second-order valence-electron chi connectivity index (χ2n) is 4.74. The molecule has 0 atom stereocenters. The number of aliphatic carboxylic acids is 1. The van der Waals surface area contributed by atoms with Crippen molar-refractivity contribution in [1.29, 1.82) is 0 Å². The van der Waals surface area contributed by atoms with Gasteiger partial charge in [-0.2, -0.15) is 11.8 Å². The predicted octanol–water partition coefficient (Wildman–Crippen LogP) is 0.584. The fraction of sp³-hybridized carbons (Fsp3) is 0.909. The van der Waals surface area contributed by atoms with Gasteiger partial charge >= 0.3 is 5.97 Å². The van der Waals surface area contributed by atoms with Crippen molar-refractivity contribution in [2.45, 2.75) is 18.4 Å². The molecule has 2 saturated heterocycles. The molecular weight excluding hydrogens is 224 g/mol. The van der Waals surface area contributed by atoms with E-state index in [4.69, 9.17) is 0 Å². The van der Waals surface area contributed by atoms with Crippen LogP contribution < -0.4 is 0 Å². The molecule has 0 unspecified atom stereocenters. The zero-order chi connectivity index (χ0) is 11.6. The second kappa shape index (κ2) is 4.94. The summed E-state index contributed by atoms with van der Waals surface area (Å²) in [6.45, 7) is 3.77. The average Bonchev–Trinajstić information content (AvgIpc) is 2.30. The van der Waals surface area contributed by atoms with Crippen LogP contribution in [0.5, 0.6) is 0 Å². The molecule has 16 heavy (non-hydrogen) atoms. The summed E-state index contributed by atoms with van der Waals surface area (Å²) < 4.78 is 0. The van der Waals surface area contributed by atoms with Gasteiger partial charge in [0.25, 0.3) is 0 Å². The van der Waals surface area contributed by atoms with E-state index in [1.54, 1.807) is 0 Å². The number of carboxylic acid groups (broad SMARTS) is 1. The van der Waals surface area contributed by atoms with Crippen molar-refractivity contribution in [3.8, 4) is 0 Å². The van der Waals surface area contributed by atoms with Gasteiger partial charge in [0.05, 0.1) is 0 Å². The Morgan fingerprint density at radius 1 is 1.19 bits per heavy atom. The molecule has 2 rings (SSSR count). The fourth-order valence-electron chi connectivity index (χ4n) is 2.61. The third-order valence-corrected chi connectivity index (χ3v) is 4.81. The maximum atomic E-state index is 11.6. The third-order valence-electron chi connectivity index (χ3n) is 3.83. The van der Waals surface area contributed by atoms with Gasteiger partial charge in [0.1, 0.15) is 5.54 Å². The van der Waals surface area contributed by atoms with E-state index in [-0.39, 0.29) is 0 Å². The van der Waals surface area contributed by atoms with Crippen LogP contribution in [0.3, 0.4) is 0 Å². The SMILES string of the molecule is CN1CCN(C2(C(=O)O)CCSCC2)CC1. The zero-order valence-corrected chi connectivity index (χ0v) is 10.6. The van der Waals surface area contributed by atoms with Crippen LogP contribution in [0.4, 0.5) is 0 Å². The van der Waals surface area contributed by atoms with Crippen molar-refractivity contribution in [3.63, 3.8) is 0 Å². The normalized spacial score (nSPS) is 27.8. The van der Waals surface area contributed by atoms with E-state index in [1.165, 1.54) is 0 Å². The molecule has 2 heterocycles. The summed E-state index contributed by atoms with van der Waals surface area (Å²) in [6, 6.07) is 0. The summed E-state index contributed by atoms with van der Waals surface area (Å²) in [5.41, 5.74) is -0.563. The highest BCUT2D eigenvalue weighted by Gasteiger charge is 2.45. The molecular formula is C11H20N2O2S. The van der Waals surface area contributed by atoms with Crippen LogP contribution in [0, 0.1) is 0 Å². The van der Waals surface area contributed by atoms with Gasteiger partial charge in [-0.3, -0.25) is 9.69 Å². The van der Waals surface area contributed by atoms with Gasteiger partial charge in [0, 0.05) is 26.2 Å². The molecule has 2 aliphatic rings. The van der Waals surface area contributed by atoms with Crippen molar-refractivity contribution in [3.05, 3.63) is 0 Å². The highest BCUT2D eigenvalue weighted by atomic mass is 32.2. The molecule has 2 aliphatic heterocycles. The molecule has 2 fully saturated rings. The van der Waals surface area contributed by atoms with Crippen molar-refractivity contribution in [2.24, 2.45) is 0 Å². The highest BCUT2D eigenvalue weighted by Crippen LogP contribution is 2.33. The van der Waals surface area contributed by atoms with Gasteiger partial charge in [-0.25, -0.2) is 0 Å². The molecule has 0 aromatic heterocycles. The Labute approximate surface area is 101 Å². The Hall–Kier alpha value is -0.260. The van der Waals surface area contributed by atoms with Gasteiger partial charge in [-0.15, -0.1) is 0 Å². The summed E-state index contributed by atoms with van der Waals surface area (Å²) in [4.78, 5) is 16.1. The maximum Gasteiger partial charge on any atom is 0.324 e. The molecule has 0 aromatic rings. The van der Waals surface area contributed by atoms with E-state index in [0.29, 0.717) is 0 Å². The number of thioether (sulfide) groups is 1. The van der Waals surface area contributed by atoms with Crippen molar-refractivity contribution < 1.29 is 9.90 Å². The molecule has 0 bridgehead atoms. The monoisotopic (exact) mass is 244 g/mol. The number of likely N-dealkylation sites (N-methyl/N-ethyl adjacent to an activating group) is 1. The molecule has 0 aliphatic carbocycles. The van der Waals surface area contributed by atoms with Crippen LogP contribution in [0.2, 0.25) is 0 Å². The van der Waals surface area contributed by atoms with E-state index in [0.717, 1.165) is 50.5 Å². The first-order valence-corrected chi connectivity index (χ1v) is 7.05.